The number of hydrogen-bond donors (Lipinski definition) is 1. The normalized spacial score (nSPS) is 14.4. The standard InChI is InChI=1S/C8H9F5N4O2/c1-4(2-5(18)19)3-17-6(14-15-16-17)7(9,10)8(11,12)13/h4H,2-3H2,1H3,(H,18,19). The first kappa shape index (κ1) is 15.2. The Morgan fingerprint density at radius 1 is 1.37 bits per heavy atom. The van der Waals surface area contributed by atoms with E-state index in [1.165, 1.54) is 6.92 Å². The smallest absolute Gasteiger partial charge is 0.461 e. The lowest BCUT2D eigenvalue weighted by Crippen LogP contribution is -2.37. The van der Waals surface area contributed by atoms with Crippen LogP contribution >= 0.6 is 0 Å². The zero-order chi connectivity index (χ0) is 14.8. The van der Waals surface area contributed by atoms with Crippen LogP contribution in [0, 0.1) is 5.92 Å². The van der Waals surface area contributed by atoms with E-state index in [-0.39, 0.29) is 4.68 Å². The van der Waals surface area contributed by atoms with Crippen molar-refractivity contribution in [1.82, 2.24) is 20.2 Å². The molecule has 0 amide bonds. The van der Waals surface area contributed by atoms with Crippen molar-refractivity contribution in [2.24, 2.45) is 5.92 Å². The highest BCUT2D eigenvalue weighted by atomic mass is 19.4. The molecule has 0 spiro atoms. The van der Waals surface area contributed by atoms with Gasteiger partial charge in [0.1, 0.15) is 0 Å². The molecule has 0 aliphatic rings. The van der Waals surface area contributed by atoms with E-state index in [1.807, 2.05) is 0 Å². The van der Waals surface area contributed by atoms with Gasteiger partial charge in [0.25, 0.3) is 0 Å². The van der Waals surface area contributed by atoms with Gasteiger partial charge in [-0.15, -0.1) is 5.10 Å². The van der Waals surface area contributed by atoms with Gasteiger partial charge in [-0.1, -0.05) is 6.92 Å². The van der Waals surface area contributed by atoms with E-state index in [9.17, 15) is 26.7 Å². The number of alkyl halides is 5. The van der Waals surface area contributed by atoms with Gasteiger partial charge in [-0.25, -0.2) is 4.68 Å². The first-order valence-corrected chi connectivity index (χ1v) is 4.98. The molecule has 11 heteroatoms. The number of carboxylic acids is 1. The third kappa shape index (κ3) is 3.35. The molecule has 6 nitrogen and oxygen atoms in total. The van der Waals surface area contributed by atoms with Crippen molar-refractivity contribution < 1.29 is 31.9 Å². The maximum absolute atomic E-state index is 13.1. The lowest BCUT2D eigenvalue weighted by Gasteiger charge is -2.19. The number of carboxylic acid groups (broad SMARTS) is 1. The Kier molecular flexibility index (Phi) is 4.06. The summed E-state index contributed by atoms with van der Waals surface area (Å²) in [7, 11) is 0. The largest absolute Gasteiger partial charge is 0.481 e. The van der Waals surface area contributed by atoms with Gasteiger partial charge in [0.15, 0.2) is 0 Å². The van der Waals surface area contributed by atoms with Crippen molar-refractivity contribution in [1.29, 1.82) is 0 Å². The molecule has 1 N–H and O–H groups in total. The number of halogens is 5. The van der Waals surface area contributed by atoms with E-state index in [2.05, 4.69) is 15.5 Å². The maximum Gasteiger partial charge on any atom is 0.461 e. The van der Waals surface area contributed by atoms with E-state index in [0.29, 0.717) is 0 Å². The Balaban J connectivity index is 2.96. The molecule has 1 heterocycles. The van der Waals surface area contributed by atoms with Gasteiger partial charge in [-0.2, -0.15) is 22.0 Å². The van der Waals surface area contributed by atoms with E-state index in [1.54, 1.807) is 0 Å². The molecule has 1 rings (SSSR count). The highest BCUT2D eigenvalue weighted by Crippen LogP contribution is 2.42. The van der Waals surface area contributed by atoms with Crippen molar-refractivity contribution in [3.63, 3.8) is 0 Å². The summed E-state index contributed by atoms with van der Waals surface area (Å²) in [6, 6.07) is 0. The van der Waals surface area contributed by atoms with Crippen molar-refractivity contribution in [3.8, 4) is 0 Å². The average molecular weight is 288 g/mol. The molecule has 0 aromatic carbocycles. The SMILES string of the molecule is CC(CC(=O)O)Cn1nnnc1C(F)(F)C(F)(F)F. The zero-order valence-corrected chi connectivity index (χ0v) is 9.53. The molecule has 0 fully saturated rings. The van der Waals surface area contributed by atoms with E-state index in [0.717, 1.165) is 0 Å². The van der Waals surface area contributed by atoms with Gasteiger partial charge in [0, 0.05) is 13.0 Å². The summed E-state index contributed by atoms with van der Waals surface area (Å²) in [5.41, 5.74) is 0. The van der Waals surface area contributed by atoms with E-state index < -0.39 is 42.8 Å². The van der Waals surface area contributed by atoms with Gasteiger partial charge < -0.3 is 5.11 Å². The third-order valence-electron chi connectivity index (χ3n) is 2.18. The highest BCUT2D eigenvalue weighted by Gasteiger charge is 2.62. The van der Waals surface area contributed by atoms with Crippen LogP contribution in [0.15, 0.2) is 0 Å². The molecule has 1 aromatic rings. The molecule has 0 radical (unpaired) electrons. The Morgan fingerprint density at radius 2 is 1.95 bits per heavy atom. The van der Waals surface area contributed by atoms with Gasteiger partial charge in [0.05, 0.1) is 0 Å². The lowest BCUT2D eigenvalue weighted by atomic mass is 10.1. The quantitative estimate of drug-likeness (QED) is 0.829. The Morgan fingerprint density at radius 3 is 2.42 bits per heavy atom. The minimum Gasteiger partial charge on any atom is -0.481 e. The van der Waals surface area contributed by atoms with E-state index in [4.69, 9.17) is 5.11 Å². The van der Waals surface area contributed by atoms with Crippen molar-refractivity contribution >= 4 is 5.97 Å². The van der Waals surface area contributed by atoms with Crippen LogP contribution in [-0.2, 0) is 17.3 Å². The first-order valence-electron chi connectivity index (χ1n) is 4.98. The molecule has 0 saturated carbocycles. The summed E-state index contributed by atoms with van der Waals surface area (Å²) >= 11 is 0. The second-order valence-corrected chi connectivity index (χ2v) is 3.96. The van der Waals surface area contributed by atoms with Gasteiger partial charge >= 0.3 is 18.1 Å². The van der Waals surface area contributed by atoms with Crippen LogP contribution in [0.3, 0.4) is 0 Å². The van der Waals surface area contributed by atoms with Gasteiger partial charge in [-0.05, 0) is 16.3 Å². The highest BCUT2D eigenvalue weighted by molar-refractivity contribution is 5.66. The predicted molar refractivity (Wildman–Crippen MR) is 49.2 cm³/mol. The molecule has 1 atom stereocenters. The van der Waals surface area contributed by atoms with Crippen LogP contribution in [-0.4, -0.2) is 37.5 Å². The first-order chi connectivity index (χ1) is 8.55. The molecule has 0 bridgehead atoms. The fraction of sp³-hybridized carbons (Fsp3) is 0.750. The summed E-state index contributed by atoms with van der Waals surface area (Å²) in [6.07, 6.45) is -6.23. The fourth-order valence-corrected chi connectivity index (χ4v) is 1.34. The fourth-order valence-electron chi connectivity index (χ4n) is 1.34. The summed E-state index contributed by atoms with van der Waals surface area (Å²) in [5, 5.41) is 16.9. The van der Waals surface area contributed by atoms with Crippen LogP contribution < -0.4 is 0 Å². The molecule has 19 heavy (non-hydrogen) atoms. The van der Waals surface area contributed by atoms with Crippen LogP contribution in [0.1, 0.15) is 19.2 Å². The summed E-state index contributed by atoms with van der Waals surface area (Å²) in [5.74, 6) is -8.76. The number of nitrogens with zero attached hydrogens (tertiary/aromatic N) is 4. The van der Waals surface area contributed by atoms with Crippen molar-refractivity contribution in [2.45, 2.75) is 32.0 Å². The summed E-state index contributed by atoms with van der Waals surface area (Å²) in [6.45, 7) is 0.908. The Bertz CT molecular complexity index is 458. The number of aliphatic carboxylic acids is 1. The monoisotopic (exact) mass is 288 g/mol. The molecule has 108 valence electrons. The summed E-state index contributed by atoms with van der Waals surface area (Å²) in [4.78, 5) is 10.4. The molecule has 0 aliphatic carbocycles. The molecule has 1 unspecified atom stereocenters. The minimum atomic E-state index is -5.82. The third-order valence-corrected chi connectivity index (χ3v) is 2.18. The zero-order valence-electron chi connectivity index (χ0n) is 9.53. The number of carbonyl (C=O) groups is 1. The van der Waals surface area contributed by atoms with Crippen LogP contribution in [0.25, 0.3) is 0 Å². The maximum atomic E-state index is 13.1. The molecular weight excluding hydrogens is 279 g/mol. The van der Waals surface area contributed by atoms with Crippen molar-refractivity contribution in [2.75, 3.05) is 0 Å². The number of tetrazole rings is 1. The van der Waals surface area contributed by atoms with Crippen LogP contribution in [0.2, 0.25) is 0 Å². The van der Waals surface area contributed by atoms with E-state index >= 15 is 0 Å². The topological polar surface area (TPSA) is 80.9 Å². The Hall–Kier alpha value is -1.81. The molecule has 0 aliphatic heterocycles. The van der Waals surface area contributed by atoms with Crippen LogP contribution in [0.5, 0.6) is 0 Å². The number of rotatable bonds is 5. The average Bonchev–Trinajstić information content (AvgIpc) is 2.62. The summed E-state index contributed by atoms with van der Waals surface area (Å²) < 4.78 is 62.9. The minimum absolute atomic E-state index is 0.265. The van der Waals surface area contributed by atoms with Crippen molar-refractivity contribution in [3.05, 3.63) is 5.82 Å². The molecular formula is C8H9F5N4O2. The molecule has 1 aromatic heterocycles. The Labute approximate surface area is 103 Å². The second kappa shape index (κ2) is 5.05. The lowest BCUT2D eigenvalue weighted by molar-refractivity contribution is -0.293. The van der Waals surface area contributed by atoms with Gasteiger partial charge in [-0.3, -0.25) is 4.79 Å². The predicted octanol–water partition coefficient (Wildman–Crippen LogP) is 1.44. The number of aromatic nitrogens is 4. The van der Waals surface area contributed by atoms with Crippen LogP contribution in [0.4, 0.5) is 22.0 Å². The number of hydrogen-bond acceptors (Lipinski definition) is 4. The van der Waals surface area contributed by atoms with Gasteiger partial charge in [0.2, 0.25) is 5.82 Å². The molecule has 0 saturated heterocycles. The second-order valence-electron chi connectivity index (χ2n) is 3.96.